The van der Waals surface area contributed by atoms with Crippen molar-refractivity contribution in [3.8, 4) is 0 Å². The zero-order valence-corrected chi connectivity index (χ0v) is 21.9. The van der Waals surface area contributed by atoms with Crippen LogP contribution >= 0.6 is 0 Å². The van der Waals surface area contributed by atoms with Crippen molar-refractivity contribution in [2.45, 2.75) is 135 Å². The van der Waals surface area contributed by atoms with E-state index in [0.717, 1.165) is 81.9 Å². The van der Waals surface area contributed by atoms with Gasteiger partial charge in [-0.15, -0.1) is 0 Å². The molecule has 2 saturated carbocycles. The highest BCUT2D eigenvalue weighted by Crippen LogP contribution is 2.48. The van der Waals surface area contributed by atoms with E-state index in [0.29, 0.717) is 29.4 Å². The summed E-state index contributed by atoms with van der Waals surface area (Å²) < 4.78 is 37.2. The monoisotopic (exact) mass is 474 g/mol. The number of hydrogen-bond donors (Lipinski definition) is 0. The summed E-state index contributed by atoms with van der Waals surface area (Å²) in [6.45, 7) is 5.33. The third-order valence-corrected chi connectivity index (χ3v) is 9.30. The fourth-order valence-corrected chi connectivity index (χ4v) is 7.25. The standard InChI is InChI=1S/C31H48F2O/c1-3-5-7-8-9-10-22-11-16-28-26(18-22)21-29(32)30(31(28)33)25-13-12-24-20-27(34-17-6-4-2)15-14-23(24)19-25/h21-25,27H,3-20H2,1-2H3. The van der Waals surface area contributed by atoms with Gasteiger partial charge >= 0.3 is 0 Å². The first kappa shape index (κ1) is 26.1. The Bertz CT molecular complexity index is 775. The van der Waals surface area contributed by atoms with Gasteiger partial charge in [0.2, 0.25) is 0 Å². The summed E-state index contributed by atoms with van der Waals surface area (Å²) in [5.74, 6) is 1.50. The lowest BCUT2D eigenvalue weighted by atomic mass is 9.65. The molecule has 0 aromatic heterocycles. The Labute approximate surface area is 207 Å². The maximum absolute atomic E-state index is 15.7. The Morgan fingerprint density at radius 3 is 2.44 bits per heavy atom. The maximum Gasteiger partial charge on any atom is 0.133 e. The number of halogens is 2. The van der Waals surface area contributed by atoms with Gasteiger partial charge in [0.15, 0.2) is 0 Å². The summed E-state index contributed by atoms with van der Waals surface area (Å²) in [7, 11) is 0. The number of unbranched alkanes of at least 4 members (excludes halogenated alkanes) is 5. The number of hydrogen-bond acceptors (Lipinski definition) is 1. The molecule has 0 radical (unpaired) electrons. The molecule has 3 aliphatic carbocycles. The molecular formula is C31H48F2O. The molecule has 5 unspecified atom stereocenters. The first-order valence-electron chi connectivity index (χ1n) is 14.7. The first-order valence-corrected chi connectivity index (χ1v) is 14.7. The van der Waals surface area contributed by atoms with Crippen LogP contribution in [0.4, 0.5) is 8.78 Å². The van der Waals surface area contributed by atoms with Crippen LogP contribution in [0.3, 0.4) is 0 Å². The van der Waals surface area contributed by atoms with Crippen LogP contribution in [0.2, 0.25) is 0 Å². The lowest BCUT2D eigenvalue weighted by Gasteiger charge is -2.42. The molecule has 2 fully saturated rings. The van der Waals surface area contributed by atoms with Gasteiger partial charge in [-0.3, -0.25) is 0 Å². The minimum atomic E-state index is -0.264. The molecule has 3 heteroatoms. The van der Waals surface area contributed by atoms with E-state index in [4.69, 9.17) is 4.74 Å². The SMILES string of the molecule is CCCCCCCC1CCc2c(cc(F)c(C3CCC4CC(OCCCC)CCC4C3)c2F)C1. The average Bonchev–Trinajstić information content (AvgIpc) is 2.84. The molecule has 5 atom stereocenters. The van der Waals surface area contributed by atoms with Gasteiger partial charge in [-0.1, -0.05) is 58.8 Å². The molecule has 3 aliphatic rings. The lowest BCUT2D eigenvalue weighted by Crippen LogP contribution is -2.34. The van der Waals surface area contributed by atoms with Gasteiger partial charge < -0.3 is 4.74 Å². The number of fused-ring (bicyclic) bond motifs is 2. The molecule has 192 valence electrons. The smallest absolute Gasteiger partial charge is 0.133 e. The fourth-order valence-electron chi connectivity index (χ4n) is 7.25. The van der Waals surface area contributed by atoms with Gasteiger partial charge in [0.05, 0.1) is 6.10 Å². The quantitative estimate of drug-likeness (QED) is 0.290. The van der Waals surface area contributed by atoms with Crippen LogP contribution < -0.4 is 0 Å². The predicted octanol–water partition coefficient (Wildman–Crippen LogP) is 9.30. The van der Waals surface area contributed by atoms with Crippen molar-refractivity contribution in [1.82, 2.24) is 0 Å². The molecule has 4 rings (SSSR count). The summed E-state index contributed by atoms with van der Waals surface area (Å²) in [4.78, 5) is 0. The molecule has 0 aliphatic heterocycles. The van der Waals surface area contributed by atoms with Gasteiger partial charge in [-0.2, -0.15) is 0 Å². The van der Waals surface area contributed by atoms with Crippen molar-refractivity contribution >= 4 is 0 Å². The molecule has 0 amide bonds. The van der Waals surface area contributed by atoms with Crippen LogP contribution in [0, 0.1) is 29.4 Å². The second kappa shape index (κ2) is 12.8. The zero-order chi connectivity index (χ0) is 23.9. The van der Waals surface area contributed by atoms with Crippen LogP contribution in [0.25, 0.3) is 0 Å². The van der Waals surface area contributed by atoms with Crippen LogP contribution in [0.15, 0.2) is 6.07 Å². The molecule has 0 bridgehead atoms. The summed E-state index contributed by atoms with van der Waals surface area (Å²) >= 11 is 0. The predicted molar refractivity (Wildman–Crippen MR) is 137 cm³/mol. The third-order valence-electron chi connectivity index (χ3n) is 9.30. The topological polar surface area (TPSA) is 9.23 Å². The van der Waals surface area contributed by atoms with Crippen molar-refractivity contribution < 1.29 is 13.5 Å². The third kappa shape index (κ3) is 6.42. The Balaban J connectivity index is 1.34. The van der Waals surface area contributed by atoms with Gasteiger partial charge in [0.1, 0.15) is 11.6 Å². The van der Waals surface area contributed by atoms with Gasteiger partial charge in [0.25, 0.3) is 0 Å². The molecule has 1 aromatic rings. The van der Waals surface area contributed by atoms with Crippen LogP contribution in [-0.2, 0) is 17.6 Å². The fraction of sp³-hybridized carbons (Fsp3) is 0.806. The highest BCUT2D eigenvalue weighted by Gasteiger charge is 2.38. The minimum Gasteiger partial charge on any atom is -0.378 e. The summed E-state index contributed by atoms with van der Waals surface area (Å²) in [5, 5.41) is 0. The van der Waals surface area contributed by atoms with Gasteiger partial charge in [0, 0.05) is 12.2 Å². The van der Waals surface area contributed by atoms with Crippen molar-refractivity contribution in [3.63, 3.8) is 0 Å². The van der Waals surface area contributed by atoms with E-state index in [9.17, 15) is 0 Å². The van der Waals surface area contributed by atoms with Crippen molar-refractivity contribution in [2.24, 2.45) is 17.8 Å². The average molecular weight is 475 g/mol. The summed E-state index contributed by atoms with van der Waals surface area (Å²) in [6, 6.07) is 1.72. The first-order chi connectivity index (χ1) is 16.6. The summed E-state index contributed by atoms with van der Waals surface area (Å²) in [5.41, 5.74) is 2.23. The van der Waals surface area contributed by atoms with Gasteiger partial charge in [-0.05, 0) is 105 Å². The van der Waals surface area contributed by atoms with E-state index >= 15 is 8.78 Å². The molecule has 1 nitrogen and oxygen atoms in total. The molecule has 1 aromatic carbocycles. The summed E-state index contributed by atoms with van der Waals surface area (Å²) in [6.07, 6.45) is 19.5. The normalized spacial score (nSPS) is 29.0. The van der Waals surface area contributed by atoms with Gasteiger partial charge in [-0.25, -0.2) is 8.78 Å². The zero-order valence-electron chi connectivity index (χ0n) is 21.9. The highest BCUT2D eigenvalue weighted by atomic mass is 19.1. The van der Waals surface area contributed by atoms with E-state index < -0.39 is 0 Å². The largest absolute Gasteiger partial charge is 0.378 e. The van der Waals surface area contributed by atoms with Crippen LogP contribution in [-0.4, -0.2) is 12.7 Å². The van der Waals surface area contributed by atoms with E-state index in [1.807, 2.05) is 0 Å². The van der Waals surface area contributed by atoms with Crippen LogP contribution in [0.1, 0.15) is 133 Å². The maximum atomic E-state index is 15.7. The number of rotatable bonds is 11. The van der Waals surface area contributed by atoms with Crippen molar-refractivity contribution in [2.75, 3.05) is 6.61 Å². The van der Waals surface area contributed by atoms with Crippen LogP contribution in [0.5, 0.6) is 0 Å². The van der Waals surface area contributed by atoms with E-state index in [1.165, 1.54) is 44.9 Å². The second-order valence-corrected chi connectivity index (χ2v) is 11.7. The molecule has 0 spiro atoms. The van der Waals surface area contributed by atoms with Crippen molar-refractivity contribution in [1.29, 1.82) is 0 Å². The Hall–Kier alpha value is -0.960. The lowest BCUT2D eigenvalue weighted by molar-refractivity contribution is -0.0162. The van der Waals surface area contributed by atoms with Crippen molar-refractivity contribution in [3.05, 3.63) is 34.4 Å². The molecule has 0 N–H and O–H groups in total. The molecular weight excluding hydrogens is 426 g/mol. The number of ether oxygens (including phenoxy) is 1. The Morgan fingerprint density at radius 2 is 1.62 bits per heavy atom. The minimum absolute atomic E-state index is 0.0559. The molecule has 0 heterocycles. The number of benzene rings is 1. The van der Waals surface area contributed by atoms with E-state index in [1.54, 1.807) is 6.07 Å². The second-order valence-electron chi connectivity index (χ2n) is 11.7. The Morgan fingerprint density at radius 1 is 0.853 bits per heavy atom. The van der Waals surface area contributed by atoms with E-state index in [-0.39, 0.29) is 17.6 Å². The van der Waals surface area contributed by atoms with E-state index in [2.05, 4.69) is 13.8 Å². The highest BCUT2D eigenvalue weighted by molar-refractivity contribution is 5.39. The Kier molecular flexibility index (Phi) is 9.86. The molecule has 34 heavy (non-hydrogen) atoms. The molecule has 0 saturated heterocycles.